The molecular weight excluding hydrogens is 257 g/mol. The van der Waals surface area contributed by atoms with Crippen LogP contribution in [0.1, 0.15) is 5.56 Å². The number of halogens is 3. The van der Waals surface area contributed by atoms with E-state index < -0.39 is 11.7 Å². The summed E-state index contributed by atoms with van der Waals surface area (Å²) in [5.41, 5.74) is 6.44. The van der Waals surface area contributed by atoms with Crippen molar-refractivity contribution in [2.45, 2.75) is 6.18 Å². The van der Waals surface area contributed by atoms with Crippen molar-refractivity contribution < 1.29 is 17.9 Å². The highest BCUT2D eigenvalue weighted by atomic mass is 19.4. The third-order valence-corrected chi connectivity index (χ3v) is 2.59. The lowest BCUT2D eigenvalue weighted by Crippen LogP contribution is -2.04. The Kier molecular flexibility index (Phi) is 3.33. The molecular formula is C13H11F3N2O. The van der Waals surface area contributed by atoms with Gasteiger partial charge in [-0.25, -0.2) is 4.98 Å². The van der Waals surface area contributed by atoms with Gasteiger partial charge in [0.2, 0.25) is 5.88 Å². The van der Waals surface area contributed by atoms with E-state index in [2.05, 4.69) is 4.98 Å². The number of pyridine rings is 1. The zero-order valence-corrected chi connectivity index (χ0v) is 10.0. The molecule has 1 aromatic carbocycles. The third-order valence-electron chi connectivity index (χ3n) is 2.59. The van der Waals surface area contributed by atoms with Gasteiger partial charge in [0.1, 0.15) is 0 Å². The van der Waals surface area contributed by atoms with Crippen molar-refractivity contribution in [2.75, 3.05) is 12.8 Å². The standard InChI is InChI=1S/C13H11F3N2O/c1-19-12-11(6-10(17)7-18-12)8-2-4-9(5-3-8)13(14,15)16/h2-7H,17H2,1H3. The van der Waals surface area contributed by atoms with E-state index in [1.165, 1.54) is 25.4 Å². The van der Waals surface area contributed by atoms with Gasteiger partial charge in [-0.2, -0.15) is 13.2 Å². The molecule has 0 bridgehead atoms. The fourth-order valence-electron chi connectivity index (χ4n) is 1.68. The van der Waals surface area contributed by atoms with Gasteiger partial charge in [0, 0.05) is 5.56 Å². The first-order chi connectivity index (χ1) is 8.91. The molecule has 0 atom stereocenters. The molecule has 0 fully saturated rings. The number of nitrogen functional groups attached to an aromatic ring is 1. The third kappa shape index (κ3) is 2.78. The van der Waals surface area contributed by atoms with Gasteiger partial charge < -0.3 is 10.5 Å². The topological polar surface area (TPSA) is 48.1 Å². The van der Waals surface area contributed by atoms with Crippen molar-refractivity contribution >= 4 is 5.69 Å². The smallest absolute Gasteiger partial charge is 0.416 e. The number of hydrogen-bond acceptors (Lipinski definition) is 3. The summed E-state index contributed by atoms with van der Waals surface area (Å²) in [6.45, 7) is 0. The molecule has 3 nitrogen and oxygen atoms in total. The lowest BCUT2D eigenvalue weighted by atomic mass is 10.0. The lowest BCUT2D eigenvalue weighted by molar-refractivity contribution is -0.137. The highest BCUT2D eigenvalue weighted by Gasteiger charge is 2.30. The van der Waals surface area contributed by atoms with Crippen molar-refractivity contribution in [1.29, 1.82) is 0 Å². The normalized spacial score (nSPS) is 11.4. The Hall–Kier alpha value is -2.24. The Labute approximate surface area is 107 Å². The molecule has 0 amide bonds. The van der Waals surface area contributed by atoms with Crippen molar-refractivity contribution in [3.05, 3.63) is 42.1 Å². The van der Waals surface area contributed by atoms with Crippen molar-refractivity contribution in [3.8, 4) is 17.0 Å². The molecule has 2 aromatic rings. The minimum absolute atomic E-state index is 0.314. The summed E-state index contributed by atoms with van der Waals surface area (Å²) in [7, 11) is 1.44. The van der Waals surface area contributed by atoms with Crippen LogP contribution in [0.25, 0.3) is 11.1 Å². The van der Waals surface area contributed by atoms with Crippen LogP contribution in [-0.4, -0.2) is 12.1 Å². The SMILES string of the molecule is COc1ncc(N)cc1-c1ccc(C(F)(F)F)cc1. The van der Waals surface area contributed by atoms with Gasteiger partial charge in [-0.15, -0.1) is 0 Å². The van der Waals surface area contributed by atoms with E-state index in [9.17, 15) is 13.2 Å². The van der Waals surface area contributed by atoms with E-state index in [-0.39, 0.29) is 0 Å². The minimum Gasteiger partial charge on any atom is -0.481 e. The van der Waals surface area contributed by atoms with Gasteiger partial charge >= 0.3 is 6.18 Å². The summed E-state index contributed by atoms with van der Waals surface area (Å²) in [6, 6.07) is 6.36. The molecule has 0 aliphatic heterocycles. The summed E-state index contributed by atoms with van der Waals surface area (Å²) in [4.78, 5) is 3.97. The number of methoxy groups -OCH3 is 1. The molecule has 2 rings (SSSR count). The van der Waals surface area contributed by atoms with Crippen LogP contribution in [0.3, 0.4) is 0 Å². The van der Waals surface area contributed by atoms with Gasteiger partial charge in [0.25, 0.3) is 0 Å². The molecule has 0 aliphatic carbocycles. The van der Waals surface area contributed by atoms with Gasteiger partial charge in [0.05, 0.1) is 24.6 Å². The quantitative estimate of drug-likeness (QED) is 0.908. The number of nitrogens with zero attached hydrogens (tertiary/aromatic N) is 1. The van der Waals surface area contributed by atoms with Crippen molar-refractivity contribution in [1.82, 2.24) is 4.98 Å². The van der Waals surface area contributed by atoms with Crippen LogP contribution in [-0.2, 0) is 6.18 Å². The predicted octanol–water partition coefficient (Wildman–Crippen LogP) is 3.36. The number of anilines is 1. The van der Waals surface area contributed by atoms with Gasteiger partial charge in [-0.1, -0.05) is 12.1 Å². The molecule has 0 spiro atoms. The number of benzene rings is 1. The number of nitrogens with two attached hydrogens (primary N) is 1. The molecule has 0 saturated heterocycles. The molecule has 6 heteroatoms. The first-order valence-electron chi connectivity index (χ1n) is 5.39. The Morgan fingerprint density at radius 1 is 1.16 bits per heavy atom. The van der Waals surface area contributed by atoms with Crippen LogP contribution in [0.15, 0.2) is 36.5 Å². The van der Waals surface area contributed by atoms with Crippen molar-refractivity contribution in [3.63, 3.8) is 0 Å². The van der Waals surface area contributed by atoms with Crippen LogP contribution in [0.5, 0.6) is 5.88 Å². The van der Waals surface area contributed by atoms with E-state index in [0.29, 0.717) is 22.7 Å². The largest absolute Gasteiger partial charge is 0.481 e. The maximum Gasteiger partial charge on any atom is 0.416 e. The van der Waals surface area contributed by atoms with Crippen LogP contribution in [0, 0.1) is 0 Å². The maximum atomic E-state index is 12.5. The average Bonchev–Trinajstić information content (AvgIpc) is 2.38. The molecule has 19 heavy (non-hydrogen) atoms. The van der Waals surface area contributed by atoms with Gasteiger partial charge in [-0.3, -0.25) is 0 Å². The van der Waals surface area contributed by atoms with Crippen LogP contribution in [0.4, 0.5) is 18.9 Å². The molecule has 0 unspecified atom stereocenters. The van der Waals surface area contributed by atoms with Crippen molar-refractivity contribution in [2.24, 2.45) is 0 Å². The van der Waals surface area contributed by atoms with E-state index in [1.807, 2.05) is 0 Å². The highest BCUT2D eigenvalue weighted by Crippen LogP contribution is 2.33. The first kappa shape index (κ1) is 13.2. The van der Waals surface area contributed by atoms with Gasteiger partial charge in [-0.05, 0) is 23.8 Å². The molecule has 1 aromatic heterocycles. The second-order valence-corrected chi connectivity index (χ2v) is 3.90. The second-order valence-electron chi connectivity index (χ2n) is 3.90. The minimum atomic E-state index is -4.35. The molecule has 0 radical (unpaired) electrons. The Morgan fingerprint density at radius 3 is 2.32 bits per heavy atom. The Balaban J connectivity index is 2.45. The summed E-state index contributed by atoms with van der Waals surface area (Å²) in [6.07, 6.45) is -2.93. The summed E-state index contributed by atoms with van der Waals surface area (Å²) < 4.78 is 42.5. The van der Waals surface area contributed by atoms with Crippen LogP contribution < -0.4 is 10.5 Å². The van der Waals surface area contributed by atoms with E-state index in [4.69, 9.17) is 10.5 Å². The predicted molar refractivity (Wildman–Crippen MR) is 65.6 cm³/mol. The number of alkyl halides is 3. The number of aromatic nitrogens is 1. The molecule has 1 heterocycles. The average molecular weight is 268 g/mol. The summed E-state index contributed by atoms with van der Waals surface area (Å²) in [5, 5.41) is 0. The van der Waals surface area contributed by atoms with E-state index in [0.717, 1.165) is 12.1 Å². The highest BCUT2D eigenvalue weighted by molar-refractivity contribution is 5.71. The molecule has 100 valence electrons. The zero-order valence-electron chi connectivity index (χ0n) is 10.0. The number of ether oxygens (including phenoxy) is 1. The molecule has 2 N–H and O–H groups in total. The van der Waals surface area contributed by atoms with Crippen LogP contribution in [0.2, 0.25) is 0 Å². The maximum absolute atomic E-state index is 12.5. The van der Waals surface area contributed by atoms with E-state index >= 15 is 0 Å². The first-order valence-corrected chi connectivity index (χ1v) is 5.39. The summed E-state index contributed by atoms with van der Waals surface area (Å²) >= 11 is 0. The monoisotopic (exact) mass is 268 g/mol. The summed E-state index contributed by atoms with van der Waals surface area (Å²) in [5.74, 6) is 0.314. The lowest BCUT2D eigenvalue weighted by Gasteiger charge is -2.10. The van der Waals surface area contributed by atoms with E-state index in [1.54, 1.807) is 6.07 Å². The second kappa shape index (κ2) is 4.79. The van der Waals surface area contributed by atoms with Gasteiger partial charge in [0.15, 0.2) is 0 Å². The number of rotatable bonds is 2. The Morgan fingerprint density at radius 2 is 1.79 bits per heavy atom. The zero-order chi connectivity index (χ0) is 14.0. The Bertz CT molecular complexity index is 579. The molecule has 0 aliphatic rings. The number of hydrogen-bond donors (Lipinski definition) is 1. The molecule has 0 saturated carbocycles. The van der Waals surface area contributed by atoms with Crippen LogP contribution >= 0.6 is 0 Å². The fraction of sp³-hybridized carbons (Fsp3) is 0.154. The fourth-order valence-corrected chi connectivity index (χ4v) is 1.68.